The second kappa shape index (κ2) is 21.8. The van der Waals surface area contributed by atoms with Crippen LogP contribution in [0.25, 0.3) is 0 Å². The van der Waals surface area contributed by atoms with Gasteiger partial charge in [0, 0.05) is 51.4 Å². The van der Waals surface area contributed by atoms with Crippen molar-refractivity contribution in [2.24, 2.45) is 5.92 Å². The second-order valence-electron chi connectivity index (χ2n) is 28.1. The Hall–Kier alpha value is -1.63. The lowest BCUT2D eigenvalue weighted by Crippen LogP contribution is -2.74. The van der Waals surface area contributed by atoms with Gasteiger partial charge < -0.3 is 87.1 Å². The van der Waals surface area contributed by atoms with Crippen molar-refractivity contribution in [3.63, 3.8) is 0 Å². The minimum Gasteiger partial charge on any atom is -0.394 e. The van der Waals surface area contributed by atoms with Crippen molar-refractivity contribution in [1.82, 2.24) is 0 Å². The monoisotopic (exact) mass is 1190 g/mol. The molecule has 13 fully saturated rings. The summed E-state index contributed by atoms with van der Waals surface area (Å²) in [5, 5.41) is 55.6. The smallest absolute Gasteiger partial charge is 0.394 e. The van der Waals surface area contributed by atoms with Gasteiger partial charge in [-0.05, 0) is 91.1 Å². The summed E-state index contributed by atoms with van der Waals surface area (Å²) in [6.07, 6.45) is -7.01. The topological polar surface area (TPSA) is 288 Å². The summed E-state index contributed by atoms with van der Waals surface area (Å²) in [5.74, 6) is 0.0905. The SMILES string of the molecule is C=CCC(=C)C[C@@H]1O[C@@]1(C)[C@H]1O[C@@H]2C[C@@H]3O[C@@H]4C[C@@H]5O[C@@H]6C[C@@H]7O[C@@H]8C[C@@H]9O[C@@H]%10C[C@@H]%11O[C@]%12(C)C[C@H](O)[C@@H]([C@H](OS(=O)(=O)O)[C@@H](O)CO)O[C@H]%12[C@H](O)C[C@H]%11O[C@H]%10C[C@H]9O[C@H]8CC[C@@]7(C)O[C@@]6(C)CC[C@H](C)[C@H]5O[C@H]4[C@@H](O)[C@@]3(C)O[C@H]2CC1=C. The van der Waals surface area contributed by atoms with E-state index in [1.54, 1.807) is 6.92 Å². The Morgan fingerprint density at radius 1 is 0.663 bits per heavy atom. The predicted octanol–water partition coefficient (Wildman–Crippen LogP) is 3.32. The van der Waals surface area contributed by atoms with Crippen LogP contribution in [-0.2, 0) is 76.2 Å². The average molecular weight is 1200 g/mol. The zero-order valence-corrected chi connectivity index (χ0v) is 49.5. The molecule has 13 aliphatic heterocycles. The van der Waals surface area contributed by atoms with Gasteiger partial charge in [-0.15, -0.1) is 6.58 Å². The summed E-state index contributed by atoms with van der Waals surface area (Å²) in [6, 6.07) is 0. The molecule has 13 heterocycles. The third kappa shape index (κ3) is 10.7. The van der Waals surface area contributed by atoms with Gasteiger partial charge in [0.2, 0.25) is 0 Å². The molecule has 0 amide bonds. The van der Waals surface area contributed by atoms with Gasteiger partial charge in [0.1, 0.15) is 53.9 Å². The highest BCUT2D eigenvalue weighted by molar-refractivity contribution is 7.80. The molecular weight excluding hydrogens is 1100 g/mol. The third-order valence-electron chi connectivity index (χ3n) is 22.1. The number of fused-ring (bicyclic) bond motifs is 11. The number of ether oxygens (including phenoxy) is 13. The maximum atomic E-state index is 12.4. The van der Waals surface area contributed by atoms with E-state index in [-0.39, 0.29) is 98.1 Å². The molecule has 13 rings (SSSR count). The van der Waals surface area contributed by atoms with Crippen molar-refractivity contribution in [2.45, 2.75) is 325 Å². The van der Waals surface area contributed by atoms with Crippen LogP contribution in [0.1, 0.15) is 138 Å². The number of aliphatic hydroxyl groups excluding tert-OH is 5. The zero-order valence-electron chi connectivity index (χ0n) is 48.7. The van der Waals surface area contributed by atoms with E-state index in [2.05, 4.69) is 51.6 Å². The molecule has 6 N–H and O–H groups in total. The number of epoxide rings is 1. The molecule has 0 aromatic carbocycles. The lowest BCUT2D eigenvalue weighted by atomic mass is 9.73. The number of aliphatic hydroxyl groups is 5. The summed E-state index contributed by atoms with van der Waals surface area (Å²) in [7, 11) is -5.15. The Balaban J connectivity index is 0.660. The Morgan fingerprint density at radius 2 is 1.25 bits per heavy atom. The van der Waals surface area contributed by atoms with Crippen LogP contribution in [0.3, 0.4) is 0 Å². The first-order chi connectivity index (χ1) is 39.2. The van der Waals surface area contributed by atoms with E-state index in [0.717, 1.165) is 36.8 Å². The second-order valence-corrected chi connectivity index (χ2v) is 29.2. The molecule has 468 valence electrons. The van der Waals surface area contributed by atoms with Gasteiger partial charge in [-0.25, -0.2) is 4.18 Å². The van der Waals surface area contributed by atoms with Crippen LogP contribution >= 0.6 is 0 Å². The van der Waals surface area contributed by atoms with Crippen molar-refractivity contribution >= 4 is 10.4 Å². The quantitative estimate of drug-likeness (QED) is 0.104. The minimum atomic E-state index is -5.15. The molecule has 83 heavy (non-hydrogen) atoms. The molecule has 22 nitrogen and oxygen atoms in total. The van der Waals surface area contributed by atoms with Crippen molar-refractivity contribution in [2.75, 3.05) is 6.61 Å². The molecule has 13 saturated heterocycles. The van der Waals surface area contributed by atoms with Crippen molar-refractivity contribution in [3.8, 4) is 0 Å². The summed E-state index contributed by atoms with van der Waals surface area (Å²) in [6.45, 7) is 23.8. The first-order valence-corrected chi connectivity index (χ1v) is 32.1. The minimum absolute atomic E-state index is 0.0223. The Morgan fingerprint density at radius 3 is 1.93 bits per heavy atom. The molecule has 0 aromatic heterocycles. The average Bonchev–Trinajstić information content (AvgIpc) is 2.36. The highest BCUT2D eigenvalue weighted by Gasteiger charge is 2.67. The van der Waals surface area contributed by atoms with E-state index in [0.29, 0.717) is 57.8 Å². The van der Waals surface area contributed by atoms with Crippen LogP contribution in [0.5, 0.6) is 0 Å². The van der Waals surface area contributed by atoms with Crippen LogP contribution in [0.2, 0.25) is 0 Å². The van der Waals surface area contributed by atoms with Crippen molar-refractivity contribution in [1.29, 1.82) is 0 Å². The zero-order chi connectivity index (χ0) is 58.7. The van der Waals surface area contributed by atoms with Gasteiger partial charge in [-0.3, -0.25) is 4.55 Å². The molecule has 0 radical (unpaired) electrons. The fraction of sp³-hybridized carbons (Fsp3) is 0.900. The number of allylic oxidation sites excluding steroid dienone is 1. The van der Waals surface area contributed by atoms with Gasteiger partial charge in [-0.1, -0.05) is 31.7 Å². The molecule has 0 spiro atoms. The lowest BCUT2D eigenvalue weighted by molar-refractivity contribution is -0.368. The summed E-state index contributed by atoms with van der Waals surface area (Å²) < 4.78 is 127. The van der Waals surface area contributed by atoms with Gasteiger partial charge >= 0.3 is 10.4 Å². The van der Waals surface area contributed by atoms with Crippen LogP contribution in [0.4, 0.5) is 0 Å². The summed E-state index contributed by atoms with van der Waals surface area (Å²) in [5.41, 5.74) is -2.14. The maximum absolute atomic E-state index is 12.4. The fourth-order valence-electron chi connectivity index (χ4n) is 17.5. The molecule has 32 atom stereocenters. The normalized spacial score (nSPS) is 55.4. The highest BCUT2D eigenvalue weighted by atomic mass is 32.3. The lowest BCUT2D eigenvalue weighted by Gasteiger charge is -2.60. The first kappa shape index (κ1) is 60.3. The van der Waals surface area contributed by atoms with Gasteiger partial charge in [-0.2, -0.15) is 8.42 Å². The molecule has 13 aliphatic rings. The molecule has 0 unspecified atom stereocenters. The van der Waals surface area contributed by atoms with Crippen molar-refractivity contribution < 1.29 is 104 Å². The predicted molar refractivity (Wildman–Crippen MR) is 290 cm³/mol. The molecular formula is C60H90O22S. The number of hydrogen-bond donors (Lipinski definition) is 6. The van der Waals surface area contributed by atoms with E-state index >= 15 is 0 Å². The van der Waals surface area contributed by atoms with Crippen LogP contribution in [0.15, 0.2) is 37.0 Å². The molecule has 0 aromatic rings. The van der Waals surface area contributed by atoms with Crippen LogP contribution < -0.4 is 0 Å². The number of hydrogen-bond acceptors (Lipinski definition) is 21. The van der Waals surface area contributed by atoms with Gasteiger partial charge in [0.25, 0.3) is 0 Å². The Labute approximate surface area is 487 Å². The highest BCUT2D eigenvalue weighted by Crippen LogP contribution is 2.56. The fourth-order valence-corrected chi connectivity index (χ4v) is 18.0. The Kier molecular flexibility index (Phi) is 15.8. The largest absolute Gasteiger partial charge is 0.397 e. The molecule has 0 bridgehead atoms. The maximum Gasteiger partial charge on any atom is 0.397 e. The Bertz CT molecular complexity index is 2580. The van der Waals surface area contributed by atoms with Crippen molar-refractivity contribution in [3.05, 3.63) is 37.0 Å². The van der Waals surface area contributed by atoms with E-state index in [1.807, 2.05) is 13.0 Å². The molecule has 0 aliphatic carbocycles. The van der Waals surface area contributed by atoms with E-state index in [9.17, 15) is 38.5 Å². The van der Waals surface area contributed by atoms with E-state index < -0.39 is 124 Å². The standard InChI is InChI=1S/C60H90O22S/c1-10-11-27(2)16-48-60(9,80-48)54-29(4)17-41-40(75-54)23-47-59(8,79-41)53(65)52-44(74-47)22-43-49(76-52)28(3)12-14-56(5)46(73-43)24-45-57(6,82-56)15-13-33-35(72-45)19-37-36(69-33)20-38-39(71-37)21-42-34(70-38)18-30(62)55-58(7,78-42)25-31(63)50(77-55)51(32(64)26-61)81-83(66,67)68/h10,28,30-55,61-65H,1-2,4,11-26H2,3,5-9H3,(H,66,67,68)/t28-,30+,31-,32-,33-,34+,35+,36+,37-,38-,39+,40+,41-,42-,43-,44+,45-,46+,47-,48-,49+,50-,51+,52+,53+,54-,55-,56-,57+,58+,59-,60+/m0/s1. The summed E-state index contributed by atoms with van der Waals surface area (Å²) in [4.78, 5) is 0. The first-order valence-electron chi connectivity index (χ1n) is 30.8. The number of rotatable bonds is 10. The van der Waals surface area contributed by atoms with Crippen LogP contribution in [-0.4, -0.2) is 232 Å². The van der Waals surface area contributed by atoms with E-state index in [1.165, 1.54) is 0 Å². The molecule has 23 heteroatoms. The van der Waals surface area contributed by atoms with E-state index in [4.69, 9.17) is 61.6 Å². The van der Waals surface area contributed by atoms with Gasteiger partial charge in [0.05, 0.1) is 139 Å². The summed E-state index contributed by atoms with van der Waals surface area (Å²) >= 11 is 0. The third-order valence-corrected chi connectivity index (χ3v) is 22.6. The molecule has 0 saturated carbocycles. The van der Waals surface area contributed by atoms with Gasteiger partial charge in [0.15, 0.2) is 0 Å². The van der Waals surface area contributed by atoms with Crippen LogP contribution in [0, 0.1) is 5.92 Å².